The summed E-state index contributed by atoms with van der Waals surface area (Å²) in [7, 11) is 0. The third-order valence-electron chi connectivity index (χ3n) is 5.18. The smallest absolute Gasteiger partial charge is 0.328 e. The number of amides is 1. The van der Waals surface area contributed by atoms with Crippen LogP contribution in [0.4, 0.5) is 5.69 Å². The number of aromatic nitrogens is 1. The molecule has 2 heterocycles. The van der Waals surface area contributed by atoms with E-state index in [1.54, 1.807) is 11.1 Å². The van der Waals surface area contributed by atoms with Crippen LogP contribution in [0.15, 0.2) is 48.7 Å². The van der Waals surface area contributed by atoms with Gasteiger partial charge in [-0.2, -0.15) is 5.26 Å². The molecule has 0 unspecified atom stereocenters. The van der Waals surface area contributed by atoms with Crippen LogP contribution in [-0.2, 0) is 14.4 Å². The summed E-state index contributed by atoms with van der Waals surface area (Å²) in [4.78, 5) is 37.6. The van der Waals surface area contributed by atoms with Gasteiger partial charge in [-0.15, -0.1) is 0 Å². The van der Waals surface area contributed by atoms with Crippen LogP contribution in [0.3, 0.4) is 0 Å². The molecule has 34 heavy (non-hydrogen) atoms. The molecule has 1 atom stereocenters. The van der Waals surface area contributed by atoms with Crippen molar-refractivity contribution in [2.45, 2.75) is 38.3 Å². The summed E-state index contributed by atoms with van der Waals surface area (Å²) in [6, 6.07) is 11.9. The van der Waals surface area contributed by atoms with Gasteiger partial charge in [-0.25, -0.2) is 9.59 Å². The predicted octanol–water partition coefficient (Wildman–Crippen LogP) is 2.24. The van der Waals surface area contributed by atoms with E-state index in [4.69, 9.17) is 15.5 Å². The zero-order valence-corrected chi connectivity index (χ0v) is 19.2. The summed E-state index contributed by atoms with van der Waals surface area (Å²) in [6.45, 7) is 5.70. The van der Waals surface area contributed by atoms with Crippen molar-refractivity contribution >= 4 is 34.4 Å². The van der Waals surface area contributed by atoms with Gasteiger partial charge in [0.15, 0.2) is 0 Å². The molecule has 10 heteroatoms. The molecule has 180 valence electrons. The van der Waals surface area contributed by atoms with Crippen LogP contribution in [0.1, 0.15) is 26.7 Å². The third-order valence-corrected chi connectivity index (χ3v) is 5.18. The fourth-order valence-electron chi connectivity index (χ4n) is 3.39. The van der Waals surface area contributed by atoms with Gasteiger partial charge in [-0.3, -0.25) is 9.78 Å². The van der Waals surface area contributed by atoms with Gasteiger partial charge < -0.3 is 25.7 Å². The van der Waals surface area contributed by atoms with Crippen LogP contribution in [0.5, 0.6) is 0 Å². The summed E-state index contributed by atoms with van der Waals surface area (Å²) in [5.41, 5.74) is 1.71. The molecular weight excluding hydrogens is 438 g/mol. The van der Waals surface area contributed by atoms with E-state index < -0.39 is 11.9 Å². The summed E-state index contributed by atoms with van der Waals surface area (Å²) >= 11 is 0. The molecular formula is C24H29N5O5. The lowest BCUT2D eigenvalue weighted by molar-refractivity contribution is -0.134. The van der Waals surface area contributed by atoms with Crippen LogP contribution >= 0.6 is 0 Å². The van der Waals surface area contributed by atoms with Gasteiger partial charge in [0.05, 0.1) is 18.1 Å². The van der Waals surface area contributed by atoms with E-state index >= 15 is 0 Å². The van der Waals surface area contributed by atoms with E-state index in [1.165, 1.54) is 0 Å². The van der Waals surface area contributed by atoms with Crippen molar-refractivity contribution in [2.75, 3.05) is 25.0 Å². The first-order valence-corrected chi connectivity index (χ1v) is 10.8. The van der Waals surface area contributed by atoms with Crippen LogP contribution in [0.25, 0.3) is 10.9 Å². The van der Waals surface area contributed by atoms with Gasteiger partial charge in [0.2, 0.25) is 5.91 Å². The Kier molecular flexibility index (Phi) is 9.52. The number of carbonyl (C=O) groups excluding carboxylic acids is 1. The number of carboxylic acids is 2. The highest BCUT2D eigenvalue weighted by molar-refractivity contribution is 5.91. The Bertz CT molecular complexity index is 1070. The Morgan fingerprint density at radius 3 is 2.53 bits per heavy atom. The van der Waals surface area contributed by atoms with E-state index in [9.17, 15) is 14.4 Å². The number of carbonyl (C=O) groups is 3. The number of nitriles is 1. The Labute approximate surface area is 197 Å². The molecule has 1 saturated heterocycles. The molecule has 1 aromatic carbocycles. The van der Waals surface area contributed by atoms with Crippen LogP contribution in [0.2, 0.25) is 0 Å². The molecule has 1 aliphatic rings. The molecule has 0 bridgehead atoms. The van der Waals surface area contributed by atoms with Gasteiger partial charge >= 0.3 is 11.9 Å². The number of rotatable bonds is 8. The molecule has 2 aromatic rings. The summed E-state index contributed by atoms with van der Waals surface area (Å²) < 4.78 is 0. The maximum absolute atomic E-state index is 12.4. The summed E-state index contributed by atoms with van der Waals surface area (Å²) in [5.74, 6) is -2.52. The third kappa shape index (κ3) is 8.18. The minimum absolute atomic E-state index is 0.00325. The summed E-state index contributed by atoms with van der Waals surface area (Å²) in [6.07, 6.45) is 4.60. The number of likely N-dealkylation sites (tertiary alicyclic amines) is 1. The number of aliphatic carboxylic acids is 2. The zero-order valence-electron chi connectivity index (χ0n) is 19.2. The molecule has 0 spiro atoms. The normalized spacial score (nSPS) is 15.4. The molecule has 0 radical (unpaired) electrons. The maximum Gasteiger partial charge on any atom is 0.328 e. The molecule has 0 saturated carbocycles. The molecule has 1 fully saturated rings. The second kappa shape index (κ2) is 12.3. The lowest BCUT2D eigenvalue weighted by Crippen LogP contribution is -2.50. The highest BCUT2D eigenvalue weighted by atomic mass is 16.4. The second-order valence-electron chi connectivity index (χ2n) is 8.35. The van der Waals surface area contributed by atoms with Gasteiger partial charge in [0.1, 0.15) is 6.04 Å². The van der Waals surface area contributed by atoms with Crippen molar-refractivity contribution in [2.24, 2.45) is 0 Å². The van der Waals surface area contributed by atoms with Crippen molar-refractivity contribution in [3.05, 3.63) is 48.7 Å². The van der Waals surface area contributed by atoms with Crippen molar-refractivity contribution in [3.63, 3.8) is 0 Å². The van der Waals surface area contributed by atoms with E-state index in [0.717, 1.165) is 29.4 Å². The number of hydrogen-bond donors (Lipinski definition) is 4. The van der Waals surface area contributed by atoms with Gasteiger partial charge in [-0.1, -0.05) is 18.2 Å². The first-order valence-electron chi connectivity index (χ1n) is 10.8. The Balaban J connectivity index is 0.000000440. The minimum Gasteiger partial charge on any atom is -0.478 e. The Hall–Kier alpha value is -3.97. The first kappa shape index (κ1) is 26.3. The van der Waals surface area contributed by atoms with Crippen molar-refractivity contribution in [1.82, 2.24) is 15.2 Å². The fraction of sp³-hybridized carbons (Fsp3) is 0.375. The van der Waals surface area contributed by atoms with Crippen molar-refractivity contribution in [3.8, 4) is 6.07 Å². The van der Waals surface area contributed by atoms with Crippen LogP contribution < -0.4 is 10.6 Å². The lowest BCUT2D eigenvalue weighted by Gasteiger charge is -2.29. The largest absolute Gasteiger partial charge is 0.478 e. The van der Waals surface area contributed by atoms with Gasteiger partial charge in [0, 0.05) is 48.1 Å². The standard InChI is InChI=1S/C20H25N5O.C4H4O4/c1-20(2,24-13-19(26)25-11-5-6-15(25)12-21)14-23-18-9-10-22-17-8-4-3-7-16(17)18;5-3(6)1-2-4(7)8/h3-4,7-10,15,24H,5-6,11,13-14H2,1-2H3,(H,22,23);1-2H,(H,5,6)(H,7,8)/b;2-1+/t15-;/m0./s1. The highest BCUT2D eigenvalue weighted by Crippen LogP contribution is 2.21. The Morgan fingerprint density at radius 2 is 1.88 bits per heavy atom. The number of para-hydroxylation sites is 1. The number of fused-ring (bicyclic) bond motifs is 1. The number of hydrogen-bond acceptors (Lipinski definition) is 7. The molecule has 0 aliphatic carbocycles. The number of pyridine rings is 1. The van der Waals surface area contributed by atoms with Crippen LogP contribution in [-0.4, -0.2) is 69.2 Å². The Morgan fingerprint density at radius 1 is 1.21 bits per heavy atom. The molecule has 4 N–H and O–H groups in total. The number of carboxylic acid groups (broad SMARTS) is 2. The molecule has 3 rings (SSSR count). The molecule has 1 aromatic heterocycles. The van der Waals surface area contributed by atoms with Crippen molar-refractivity contribution in [1.29, 1.82) is 5.26 Å². The van der Waals surface area contributed by atoms with E-state index in [2.05, 4.69) is 35.5 Å². The SMILES string of the molecule is CC(C)(CNc1ccnc2ccccc12)NCC(=O)N1CCC[C@H]1C#N.O=C(O)/C=C/C(=O)O. The molecule has 10 nitrogen and oxygen atoms in total. The average Bonchev–Trinajstić information content (AvgIpc) is 3.29. The predicted molar refractivity (Wildman–Crippen MR) is 127 cm³/mol. The number of nitrogens with one attached hydrogen (secondary N) is 2. The average molecular weight is 468 g/mol. The molecule has 1 aliphatic heterocycles. The van der Waals surface area contributed by atoms with Gasteiger partial charge in [0.25, 0.3) is 0 Å². The maximum atomic E-state index is 12.4. The van der Waals surface area contributed by atoms with E-state index in [0.29, 0.717) is 25.2 Å². The fourth-order valence-corrected chi connectivity index (χ4v) is 3.39. The van der Waals surface area contributed by atoms with E-state index in [-0.39, 0.29) is 24.0 Å². The quantitative estimate of drug-likeness (QED) is 0.428. The monoisotopic (exact) mass is 467 g/mol. The summed E-state index contributed by atoms with van der Waals surface area (Å²) in [5, 5.41) is 32.6. The van der Waals surface area contributed by atoms with Gasteiger partial charge in [-0.05, 0) is 38.8 Å². The first-order chi connectivity index (χ1) is 16.1. The van der Waals surface area contributed by atoms with Crippen molar-refractivity contribution < 1.29 is 24.6 Å². The minimum atomic E-state index is -1.26. The van der Waals surface area contributed by atoms with Crippen LogP contribution in [0, 0.1) is 11.3 Å². The number of nitrogens with zero attached hydrogens (tertiary/aromatic N) is 3. The van der Waals surface area contributed by atoms with E-state index in [1.807, 2.05) is 30.3 Å². The lowest BCUT2D eigenvalue weighted by atomic mass is 10.1. The highest BCUT2D eigenvalue weighted by Gasteiger charge is 2.29. The number of benzene rings is 1. The molecule has 1 amide bonds. The number of anilines is 1. The second-order valence-corrected chi connectivity index (χ2v) is 8.35. The zero-order chi connectivity index (χ0) is 25.1. The topological polar surface area (TPSA) is 156 Å².